The zero-order valence-corrected chi connectivity index (χ0v) is 16.0. The van der Waals surface area contributed by atoms with Gasteiger partial charge in [0.05, 0.1) is 6.20 Å². The zero-order valence-electron chi connectivity index (χ0n) is 16.0. The van der Waals surface area contributed by atoms with Crippen molar-refractivity contribution in [2.24, 2.45) is 7.05 Å². The summed E-state index contributed by atoms with van der Waals surface area (Å²) in [4.78, 5) is 7.69. The van der Waals surface area contributed by atoms with Gasteiger partial charge in [-0.15, -0.1) is 0 Å². The number of nitrogens with zero attached hydrogens (tertiary/aromatic N) is 4. The normalized spacial score (nSPS) is 13.6. The van der Waals surface area contributed by atoms with Crippen LogP contribution in [0.1, 0.15) is 18.2 Å². The second kappa shape index (κ2) is 6.42. The van der Waals surface area contributed by atoms with E-state index in [1.165, 1.54) is 0 Å². The summed E-state index contributed by atoms with van der Waals surface area (Å²) < 4.78 is 7.28. The van der Waals surface area contributed by atoms with Gasteiger partial charge in [0.15, 0.2) is 5.76 Å². The molecule has 0 saturated heterocycles. The molecule has 144 valence electrons. The number of hydrogen-bond donors (Lipinski definition) is 2. The minimum Gasteiger partial charge on any atom is -0.377 e. The molecule has 0 spiro atoms. The van der Waals surface area contributed by atoms with Crippen LogP contribution in [0.2, 0.25) is 0 Å². The van der Waals surface area contributed by atoms with Crippen molar-refractivity contribution in [3.05, 3.63) is 78.6 Å². The lowest BCUT2D eigenvalue weighted by Crippen LogP contribution is -2.21. The number of rotatable bonds is 4. The summed E-state index contributed by atoms with van der Waals surface area (Å²) in [6, 6.07) is 13.2. The third-order valence-electron chi connectivity index (χ3n) is 5.17. The first kappa shape index (κ1) is 17.4. The van der Waals surface area contributed by atoms with Crippen LogP contribution in [0.15, 0.2) is 71.8 Å². The molecule has 1 atom stereocenters. The van der Waals surface area contributed by atoms with Gasteiger partial charge in [-0.25, -0.2) is 4.98 Å². The van der Waals surface area contributed by atoms with Crippen molar-refractivity contribution in [3.8, 4) is 22.4 Å². The Kier molecular flexibility index (Phi) is 3.85. The summed E-state index contributed by atoms with van der Waals surface area (Å²) in [7, 11) is 1.88. The minimum atomic E-state index is -1.28. The third-order valence-corrected chi connectivity index (χ3v) is 5.17. The van der Waals surface area contributed by atoms with Gasteiger partial charge in [0, 0.05) is 53.8 Å². The molecular formula is C22H19N5O2. The Hall–Kier alpha value is -3.71. The topological polar surface area (TPSA) is 92.8 Å². The van der Waals surface area contributed by atoms with Gasteiger partial charge in [-0.2, -0.15) is 5.10 Å². The van der Waals surface area contributed by atoms with Crippen molar-refractivity contribution >= 4 is 11.0 Å². The van der Waals surface area contributed by atoms with Crippen LogP contribution in [0.3, 0.4) is 0 Å². The molecule has 0 radical (unpaired) electrons. The highest BCUT2D eigenvalue weighted by Crippen LogP contribution is 2.34. The van der Waals surface area contributed by atoms with Gasteiger partial charge in [0.1, 0.15) is 16.9 Å². The molecule has 7 nitrogen and oxygen atoms in total. The molecule has 0 aliphatic heterocycles. The summed E-state index contributed by atoms with van der Waals surface area (Å²) in [6.07, 6.45) is 7.42. The van der Waals surface area contributed by atoms with Gasteiger partial charge in [-0.05, 0) is 18.6 Å². The zero-order chi connectivity index (χ0) is 20.0. The average molecular weight is 385 g/mol. The molecule has 0 bridgehead atoms. The van der Waals surface area contributed by atoms with E-state index < -0.39 is 5.60 Å². The van der Waals surface area contributed by atoms with E-state index in [4.69, 9.17) is 4.52 Å². The van der Waals surface area contributed by atoms with Crippen LogP contribution >= 0.6 is 0 Å². The Balaban J connectivity index is 1.57. The molecule has 0 aliphatic carbocycles. The first-order valence-corrected chi connectivity index (χ1v) is 9.24. The van der Waals surface area contributed by atoms with Crippen LogP contribution in [0, 0.1) is 0 Å². The van der Waals surface area contributed by atoms with Crippen molar-refractivity contribution in [3.63, 3.8) is 0 Å². The minimum absolute atomic E-state index is 0.379. The van der Waals surface area contributed by atoms with Crippen molar-refractivity contribution < 1.29 is 9.63 Å². The first-order chi connectivity index (χ1) is 14.0. The highest BCUT2D eigenvalue weighted by Gasteiger charge is 2.30. The number of aromatic nitrogens is 5. The molecule has 5 rings (SSSR count). The molecule has 0 saturated carbocycles. The maximum Gasteiger partial charge on any atom is 0.173 e. The smallest absolute Gasteiger partial charge is 0.173 e. The van der Waals surface area contributed by atoms with Crippen LogP contribution < -0.4 is 0 Å². The van der Waals surface area contributed by atoms with Crippen molar-refractivity contribution in [1.82, 2.24) is 24.9 Å². The number of aromatic amines is 1. The Morgan fingerprint density at radius 2 is 1.93 bits per heavy atom. The van der Waals surface area contributed by atoms with Crippen LogP contribution in [0.25, 0.3) is 33.4 Å². The van der Waals surface area contributed by atoms with E-state index >= 15 is 0 Å². The maximum atomic E-state index is 11.0. The summed E-state index contributed by atoms with van der Waals surface area (Å²) in [5.41, 5.74) is 3.66. The number of nitrogens with one attached hydrogen (secondary N) is 1. The molecule has 0 aliphatic rings. The molecule has 5 aromatic rings. The Morgan fingerprint density at radius 1 is 1.10 bits per heavy atom. The molecule has 7 heteroatoms. The number of pyridine rings is 1. The van der Waals surface area contributed by atoms with Crippen LogP contribution in [-0.4, -0.2) is 30.0 Å². The SMILES string of the molecule is Cn1cc(-c2cnc3[nH]cc(-c4cc([C@](C)(O)c5ccccc5)on4)c3c2)cn1. The van der Waals surface area contributed by atoms with E-state index in [-0.39, 0.29) is 0 Å². The predicted octanol–water partition coefficient (Wildman–Crippen LogP) is 3.87. The van der Waals surface area contributed by atoms with Crippen molar-refractivity contribution in [2.75, 3.05) is 0 Å². The lowest BCUT2D eigenvalue weighted by molar-refractivity contribution is 0.0694. The Labute approximate surface area is 166 Å². The number of aryl methyl sites for hydroxylation is 1. The summed E-state index contributed by atoms with van der Waals surface area (Å²) in [5, 5.41) is 20.4. The average Bonchev–Trinajstić information content (AvgIpc) is 3.47. The first-order valence-electron chi connectivity index (χ1n) is 9.24. The van der Waals surface area contributed by atoms with E-state index in [1.54, 1.807) is 23.9 Å². The predicted molar refractivity (Wildman–Crippen MR) is 109 cm³/mol. The molecular weight excluding hydrogens is 366 g/mol. The second-order valence-electron chi connectivity index (χ2n) is 7.24. The number of aliphatic hydroxyl groups is 1. The van der Waals surface area contributed by atoms with Gasteiger partial charge < -0.3 is 14.6 Å². The van der Waals surface area contributed by atoms with E-state index in [0.717, 1.165) is 33.3 Å². The van der Waals surface area contributed by atoms with Gasteiger partial charge in [-0.1, -0.05) is 35.5 Å². The van der Waals surface area contributed by atoms with E-state index in [1.807, 2.05) is 56.0 Å². The largest absolute Gasteiger partial charge is 0.377 e. The highest BCUT2D eigenvalue weighted by atomic mass is 16.5. The van der Waals surface area contributed by atoms with E-state index in [2.05, 4.69) is 26.3 Å². The Morgan fingerprint density at radius 3 is 2.69 bits per heavy atom. The second-order valence-corrected chi connectivity index (χ2v) is 7.24. The fraction of sp³-hybridized carbons (Fsp3) is 0.136. The fourth-order valence-electron chi connectivity index (χ4n) is 3.48. The van der Waals surface area contributed by atoms with Crippen LogP contribution in [0.4, 0.5) is 0 Å². The molecule has 29 heavy (non-hydrogen) atoms. The Bertz CT molecular complexity index is 1300. The van der Waals surface area contributed by atoms with Crippen molar-refractivity contribution in [2.45, 2.75) is 12.5 Å². The monoisotopic (exact) mass is 385 g/mol. The quantitative estimate of drug-likeness (QED) is 0.490. The molecule has 0 fully saturated rings. The van der Waals surface area contributed by atoms with Crippen molar-refractivity contribution in [1.29, 1.82) is 0 Å². The summed E-state index contributed by atoms with van der Waals surface area (Å²) in [6.45, 7) is 1.70. The third kappa shape index (κ3) is 2.92. The molecule has 4 aromatic heterocycles. The summed E-state index contributed by atoms with van der Waals surface area (Å²) in [5.74, 6) is 0.379. The van der Waals surface area contributed by atoms with Gasteiger partial charge in [-0.3, -0.25) is 4.68 Å². The number of hydrogen-bond acceptors (Lipinski definition) is 5. The molecule has 0 amide bonds. The number of benzene rings is 1. The highest BCUT2D eigenvalue weighted by molar-refractivity contribution is 5.94. The fourth-order valence-corrected chi connectivity index (χ4v) is 3.48. The number of H-pyrrole nitrogens is 1. The molecule has 4 heterocycles. The number of fused-ring (bicyclic) bond motifs is 1. The van der Waals surface area contributed by atoms with E-state index in [0.29, 0.717) is 11.5 Å². The lowest BCUT2D eigenvalue weighted by atomic mass is 9.93. The standard InChI is InChI=1S/C22H19N5O2/c1-22(28,16-6-4-3-5-7-16)20-9-19(26-29-20)18-12-24-21-17(18)8-14(10-23-21)15-11-25-27(2)13-15/h3-13,28H,1-2H3,(H,23,24)/t22-/m1/s1. The van der Waals surface area contributed by atoms with Crippen LogP contribution in [0.5, 0.6) is 0 Å². The lowest BCUT2D eigenvalue weighted by Gasteiger charge is -2.20. The van der Waals surface area contributed by atoms with Gasteiger partial charge in [0.25, 0.3) is 0 Å². The maximum absolute atomic E-state index is 11.0. The van der Waals surface area contributed by atoms with Gasteiger partial charge in [0.2, 0.25) is 0 Å². The van der Waals surface area contributed by atoms with Gasteiger partial charge >= 0.3 is 0 Å². The molecule has 1 aromatic carbocycles. The molecule has 2 N–H and O–H groups in total. The summed E-state index contributed by atoms with van der Waals surface area (Å²) >= 11 is 0. The van der Waals surface area contributed by atoms with Crippen LogP contribution in [-0.2, 0) is 12.6 Å². The van der Waals surface area contributed by atoms with E-state index in [9.17, 15) is 5.11 Å². The molecule has 0 unspecified atom stereocenters.